The lowest BCUT2D eigenvalue weighted by Gasteiger charge is -2.26. The number of methoxy groups -OCH3 is 1. The number of hydrogen-bond donors (Lipinski definition) is 3. The molecule has 37 heavy (non-hydrogen) atoms. The fraction of sp³-hybridized carbons (Fsp3) is 0.250. The zero-order valence-corrected chi connectivity index (χ0v) is 21.3. The molecule has 0 bridgehead atoms. The third kappa shape index (κ3) is 5.54. The number of carbonyl (C=O) groups excluding carboxylic acids is 2. The van der Waals surface area contributed by atoms with Crippen molar-refractivity contribution >= 4 is 57.1 Å². The Balaban J connectivity index is 1.41. The Bertz CT molecular complexity index is 1420. The molecule has 1 saturated carbocycles. The minimum atomic E-state index is -0.249. The Morgan fingerprint density at radius 3 is 2.70 bits per heavy atom. The molecular weight excluding hydrogens is 490 g/mol. The molecule has 1 aliphatic carbocycles. The van der Waals surface area contributed by atoms with Gasteiger partial charge in [0.05, 0.1) is 23.3 Å². The molecule has 1 aliphatic heterocycles. The van der Waals surface area contributed by atoms with Crippen LogP contribution in [-0.2, 0) is 4.79 Å². The molecule has 0 spiro atoms. The molecule has 1 aromatic heterocycles. The van der Waals surface area contributed by atoms with E-state index in [-0.39, 0.29) is 18.0 Å². The predicted octanol–water partition coefficient (Wildman–Crippen LogP) is 5.73. The van der Waals surface area contributed by atoms with E-state index in [4.69, 9.17) is 16.3 Å². The summed E-state index contributed by atoms with van der Waals surface area (Å²) in [6.45, 7) is 4.72. The molecule has 9 heteroatoms. The maximum absolute atomic E-state index is 12.1. The second-order valence-electron chi connectivity index (χ2n) is 9.09. The highest BCUT2D eigenvalue weighted by molar-refractivity contribution is 6.34. The van der Waals surface area contributed by atoms with Crippen LogP contribution in [0.25, 0.3) is 16.5 Å². The molecule has 1 fully saturated rings. The normalized spacial score (nSPS) is 15.1. The van der Waals surface area contributed by atoms with Gasteiger partial charge in [-0.15, -0.1) is 0 Å². The van der Waals surface area contributed by atoms with Gasteiger partial charge in [0.1, 0.15) is 5.75 Å². The van der Waals surface area contributed by atoms with Gasteiger partial charge in [-0.2, -0.15) is 0 Å². The highest BCUT2D eigenvalue weighted by Gasteiger charge is 2.23. The van der Waals surface area contributed by atoms with Crippen LogP contribution in [0.1, 0.15) is 24.8 Å². The van der Waals surface area contributed by atoms with Crippen molar-refractivity contribution in [3.63, 3.8) is 0 Å². The fourth-order valence-corrected chi connectivity index (χ4v) is 4.59. The topological polar surface area (TPSA) is 95.6 Å². The summed E-state index contributed by atoms with van der Waals surface area (Å²) in [5.74, 6) is 0.662. The van der Waals surface area contributed by atoms with Crippen molar-refractivity contribution in [3.8, 4) is 5.75 Å². The van der Waals surface area contributed by atoms with Crippen LogP contribution in [0.4, 0.5) is 21.9 Å². The van der Waals surface area contributed by atoms with Gasteiger partial charge in [-0.05, 0) is 61.2 Å². The molecule has 2 heterocycles. The lowest BCUT2D eigenvalue weighted by Crippen LogP contribution is -2.33. The first-order valence-corrected chi connectivity index (χ1v) is 12.5. The summed E-state index contributed by atoms with van der Waals surface area (Å²) in [5, 5.41) is 10.5. The summed E-state index contributed by atoms with van der Waals surface area (Å²) in [4.78, 5) is 30.3. The Kier molecular flexibility index (Phi) is 7.01. The van der Waals surface area contributed by atoms with E-state index in [1.54, 1.807) is 30.3 Å². The molecule has 190 valence electrons. The van der Waals surface area contributed by atoms with Crippen LogP contribution in [0.5, 0.6) is 5.75 Å². The van der Waals surface area contributed by atoms with E-state index >= 15 is 0 Å². The van der Waals surface area contributed by atoms with Crippen LogP contribution in [0.3, 0.4) is 0 Å². The number of carbonyl (C=O) groups is 2. The largest absolute Gasteiger partial charge is 0.496 e. The van der Waals surface area contributed by atoms with Gasteiger partial charge in [0.25, 0.3) is 0 Å². The number of aromatic nitrogens is 1. The number of nitrogens with one attached hydrogen (secondary N) is 3. The Morgan fingerprint density at radius 1 is 1.19 bits per heavy atom. The van der Waals surface area contributed by atoms with E-state index in [0.717, 1.165) is 52.0 Å². The Labute approximate surface area is 220 Å². The summed E-state index contributed by atoms with van der Waals surface area (Å²) in [6.07, 6.45) is 7.88. The minimum Gasteiger partial charge on any atom is -0.496 e. The summed E-state index contributed by atoms with van der Waals surface area (Å²) in [7, 11) is 1.65. The number of anilines is 3. The van der Waals surface area contributed by atoms with Crippen LogP contribution < -0.4 is 20.7 Å². The molecule has 8 nitrogen and oxygen atoms in total. The highest BCUT2D eigenvalue weighted by Crippen LogP contribution is 2.37. The SMILES string of the molecule is C=CC(=O)N1CC=C(c2cc3c(Nc4ccc(NC(=O)NC5CC5)c(Cl)c4)ccnc3cc2OC)CC1. The third-order valence-electron chi connectivity index (χ3n) is 6.51. The first-order valence-electron chi connectivity index (χ1n) is 12.2. The molecule has 3 amide bonds. The molecule has 0 atom stereocenters. The quantitative estimate of drug-likeness (QED) is 0.348. The zero-order chi connectivity index (χ0) is 25.9. The van der Waals surface area contributed by atoms with Crippen molar-refractivity contribution < 1.29 is 14.3 Å². The minimum absolute atomic E-state index is 0.0696. The van der Waals surface area contributed by atoms with Crippen LogP contribution >= 0.6 is 11.6 Å². The number of fused-ring (bicyclic) bond motifs is 1. The molecule has 2 aliphatic rings. The number of urea groups is 1. The Morgan fingerprint density at radius 2 is 2.03 bits per heavy atom. The smallest absolute Gasteiger partial charge is 0.319 e. The maximum Gasteiger partial charge on any atom is 0.319 e. The molecule has 5 rings (SSSR count). The lowest BCUT2D eigenvalue weighted by molar-refractivity contribution is -0.125. The number of hydrogen-bond acceptors (Lipinski definition) is 5. The number of pyridine rings is 1. The summed E-state index contributed by atoms with van der Waals surface area (Å²) < 4.78 is 5.69. The van der Waals surface area contributed by atoms with Crippen molar-refractivity contribution in [2.75, 3.05) is 30.8 Å². The average Bonchev–Trinajstić information content (AvgIpc) is 3.73. The van der Waals surface area contributed by atoms with Gasteiger partial charge in [0.2, 0.25) is 5.91 Å². The van der Waals surface area contributed by atoms with Crippen molar-refractivity contribution in [2.45, 2.75) is 25.3 Å². The van der Waals surface area contributed by atoms with Crippen LogP contribution in [-0.4, -0.2) is 48.1 Å². The summed E-state index contributed by atoms with van der Waals surface area (Å²) >= 11 is 6.47. The predicted molar refractivity (Wildman–Crippen MR) is 148 cm³/mol. The number of rotatable bonds is 7. The van der Waals surface area contributed by atoms with E-state index in [1.165, 1.54) is 6.08 Å². The van der Waals surface area contributed by atoms with E-state index in [9.17, 15) is 9.59 Å². The first-order chi connectivity index (χ1) is 17.9. The molecular formula is C28H28ClN5O3. The third-order valence-corrected chi connectivity index (χ3v) is 6.83. The highest BCUT2D eigenvalue weighted by atomic mass is 35.5. The second-order valence-corrected chi connectivity index (χ2v) is 9.50. The number of nitrogens with zero attached hydrogens (tertiary/aromatic N) is 2. The van der Waals surface area contributed by atoms with Crippen molar-refractivity contribution in [1.82, 2.24) is 15.2 Å². The monoisotopic (exact) mass is 517 g/mol. The molecule has 0 radical (unpaired) electrons. The summed E-state index contributed by atoms with van der Waals surface area (Å²) in [5.41, 5.74) is 5.05. The van der Waals surface area contributed by atoms with E-state index in [2.05, 4.69) is 39.7 Å². The van der Waals surface area contributed by atoms with Gasteiger partial charge in [-0.3, -0.25) is 9.78 Å². The van der Waals surface area contributed by atoms with Gasteiger partial charge in [0, 0.05) is 53.7 Å². The molecule has 3 aromatic rings. The molecule has 2 aromatic carbocycles. The van der Waals surface area contributed by atoms with Gasteiger partial charge >= 0.3 is 6.03 Å². The van der Waals surface area contributed by atoms with Crippen molar-refractivity contribution in [2.24, 2.45) is 0 Å². The second kappa shape index (κ2) is 10.5. The fourth-order valence-electron chi connectivity index (χ4n) is 4.37. The summed E-state index contributed by atoms with van der Waals surface area (Å²) in [6, 6.07) is 11.3. The van der Waals surface area contributed by atoms with Crippen molar-refractivity contribution in [1.29, 1.82) is 0 Å². The van der Waals surface area contributed by atoms with Gasteiger partial charge in [0.15, 0.2) is 0 Å². The molecule has 0 unspecified atom stereocenters. The van der Waals surface area contributed by atoms with Crippen LogP contribution in [0.15, 0.2) is 61.3 Å². The molecule has 0 saturated heterocycles. The van der Waals surface area contributed by atoms with Crippen LogP contribution in [0.2, 0.25) is 5.02 Å². The number of halogens is 1. The van der Waals surface area contributed by atoms with E-state index in [1.807, 2.05) is 18.2 Å². The standard InChI is InChI=1S/C28H28ClN5O3/c1-3-27(35)34-12-9-17(10-13-34)20-15-21-23(8-11-30-25(21)16-26(20)37-2)31-19-6-7-24(22(29)14-19)33-28(36)32-18-4-5-18/h3,6-9,11,14-16,18H,1,4-5,10,12-13H2,2H3,(H,30,31)(H2,32,33,36). The maximum atomic E-state index is 12.1. The lowest BCUT2D eigenvalue weighted by atomic mass is 9.96. The Hall–Kier alpha value is -4.04. The number of amides is 3. The first kappa shape index (κ1) is 24.6. The molecule has 3 N–H and O–H groups in total. The van der Waals surface area contributed by atoms with E-state index in [0.29, 0.717) is 30.2 Å². The zero-order valence-electron chi connectivity index (χ0n) is 20.5. The number of ether oxygens (including phenoxy) is 1. The van der Waals surface area contributed by atoms with Gasteiger partial charge in [-0.1, -0.05) is 24.3 Å². The van der Waals surface area contributed by atoms with Gasteiger partial charge < -0.3 is 25.6 Å². The van der Waals surface area contributed by atoms with Crippen LogP contribution in [0, 0.1) is 0 Å². The number of benzene rings is 2. The van der Waals surface area contributed by atoms with Gasteiger partial charge in [-0.25, -0.2) is 4.79 Å². The van der Waals surface area contributed by atoms with E-state index < -0.39 is 0 Å². The van der Waals surface area contributed by atoms with Crippen molar-refractivity contribution in [3.05, 3.63) is 71.9 Å². The average molecular weight is 518 g/mol.